The summed E-state index contributed by atoms with van der Waals surface area (Å²) >= 11 is 0. The summed E-state index contributed by atoms with van der Waals surface area (Å²) in [4.78, 5) is 3.70. The maximum atomic E-state index is 3.70. The number of hydrogen-bond acceptors (Lipinski definition) is 0. The van der Waals surface area contributed by atoms with Gasteiger partial charge in [-0.3, -0.25) is 0 Å². The first-order valence-corrected chi connectivity index (χ1v) is 7.78. The maximum Gasteiger partial charge on any atom is 0.0464 e. The second-order valence-corrected chi connectivity index (χ2v) is 6.97. The van der Waals surface area contributed by atoms with E-state index in [4.69, 9.17) is 0 Å². The molecule has 2 aromatic rings. The fraction of sp³-hybridized carbons (Fsp3) is 0.556. The number of hydrogen-bond donors (Lipinski definition) is 1. The Hall–Kier alpha value is -1.24. The second kappa shape index (κ2) is 3.88. The molecule has 1 heteroatoms. The number of aromatic nitrogens is 1. The second-order valence-electron chi connectivity index (χ2n) is 6.97. The van der Waals surface area contributed by atoms with E-state index in [1.807, 2.05) is 0 Å². The topological polar surface area (TPSA) is 15.8 Å². The molecule has 2 aliphatic rings. The summed E-state index contributed by atoms with van der Waals surface area (Å²) in [5, 5.41) is 1.53. The monoisotopic (exact) mass is 253 g/mol. The van der Waals surface area contributed by atoms with Gasteiger partial charge < -0.3 is 4.98 Å². The standard InChI is InChI=1S/C18H23N/c1-12-9-13(2)17-14-11-18(6-3-4-7-18)8-5-15(14)19-16(17)10-12/h9-10,19H,3-8,11H2,1-2H3. The molecule has 0 saturated heterocycles. The van der Waals surface area contributed by atoms with Crippen LogP contribution in [0.4, 0.5) is 0 Å². The van der Waals surface area contributed by atoms with Crippen LogP contribution in [0.25, 0.3) is 10.9 Å². The molecular formula is C18H23N. The first-order chi connectivity index (χ1) is 9.17. The van der Waals surface area contributed by atoms with Gasteiger partial charge in [0.05, 0.1) is 0 Å². The summed E-state index contributed by atoms with van der Waals surface area (Å²) in [5.41, 5.74) is 8.04. The fourth-order valence-electron chi connectivity index (χ4n) is 4.67. The zero-order chi connectivity index (χ0) is 13.0. The Labute approximate surface area is 115 Å². The zero-order valence-corrected chi connectivity index (χ0v) is 12.1. The Bertz CT molecular complexity index is 641. The van der Waals surface area contributed by atoms with Gasteiger partial charge >= 0.3 is 0 Å². The molecule has 1 aromatic heterocycles. The molecule has 19 heavy (non-hydrogen) atoms. The molecule has 1 nitrogen and oxygen atoms in total. The highest BCUT2D eigenvalue weighted by Gasteiger charge is 2.38. The minimum Gasteiger partial charge on any atom is -0.358 e. The largest absolute Gasteiger partial charge is 0.358 e. The van der Waals surface area contributed by atoms with Crippen molar-refractivity contribution in [1.82, 2.24) is 4.98 Å². The number of aromatic amines is 1. The highest BCUT2D eigenvalue weighted by atomic mass is 14.7. The lowest BCUT2D eigenvalue weighted by Crippen LogP contribution is -2.25. The van der Waals surface area contributed by atoms with Gasteiger partial charge in [0.2, 0.25) is 0 Å². The van der Waals surface area contributed by atoms with Crippen LogP contribution >= 0.6 is 0 Å². The van der Waals surface area contributed by atoms with E-state index in [1.165, 1.54) is 72.7 Å². The quantitative estimate of drug-likeness (QED) is 0.692. The number of rotatable bonds is 0. The summed E-state index contributed by atoms with van der Waals surface area (Å²) in [7, 11) is 0. The predicted molar refractivity (Wildman–Crippen MR) is 80.7 cm³/mol. The number of benzene rings is 1. The van der Waals surface area contributed by atoms with E-state index in [0.717, 1.165) is 0 Å². The van der Waals surface area contributed by atoms with Crippen molar-refractivity contribution >= 4 is 10.9 Å². The molecule has 1 N–H and O–H groups in total. The smallest absolute Gasteiger partial charge is 0.0464 e. The SMILES string of the molecule is Cc1cc(C)c2c3c([nH]c2c1)CCC1(CCCC1)C3. The lowest BCUT2D eigenvalue weighted by Gasteiger charge is -2.33. The van der Waals surface area contributed by atoms with Gasteiger partial charge in [-0.2, -0.15) is 0 Å². The van der Waals surface area contributed by atoms with Crippen LogP contribution in [0.2, 0.25) is 0 Å². The van der Waals surface area contributed by atoms with E-state index in [1.54, 1.807) is 5.56 Å². The van der Waals surface area contributed by atoms with Crippen molar-refractivity contribution in [1.29, 1.82) is 0 Å². The van der Waals surface area contributed by atoms with Crippen molar-refractivity contribution in [3.05, 3.63) is 34.5 Å². The molecule has 100 valence electrons. The summed E-state index contributed by atoms with van der Waals surface area (Å²) < 4.78 is 0. The van der Waals surface area contributed by atoms with Gasteiger partial charge in [0, 0.05) is 16.6 Å². The number of H-pyrrole nitrogens is 1. The molecule has 1 fully saturated rings. The first-order valence-electron chi connectivity index (χ1n) is 7.78. The Kier molecular flexibility index (Phi) is 2.36. The van der Waals surface area contributed by atoms with Crippen LogP contribution < -0.4 is 0 Å². The molecule has 1 spiro atoms. The van der Waals surface area contributed by atoms with E-state index in [-0.39, 0.29) is 0 Å². The molecular weight excluding hydrogens is 230 g/mol. The van der Waals surface area contributed by atoms with Gasteiger partial charge in [-0.05, 0) is 74.1 Å². The Morgan fingerprint density at radius 3 is 2.63 bits per heavy atom. The Morgan fingerprint density at radius 2 is 1.84 bits per heavy atom. The van der Waals surface area contributed by atoms with Crippen LogP contribution in [0.3, 0.4) is 0 Å². The van der Waals surface area contributed by atoms with Crippen molar-refractivity contribution in [3.63, 3.8) is 0 Å². The van der Waals surface area contributed by atoms with E-state index >= 15 is 0 Å². The zero-order valence-electron chi connectivity index (χ0n) is 12.1. The van der Waals surface area contributed by atoms with Crippen LogP contribution in [0, 0.1) is 19.3 Å². The molecule has 0 bridgehead atoms. The fourth-order valence-corrected chi connectivity index (χ4v) is 4.67. The van der Waals surface area contributed by atoms with E-state index in [9.17, 15) is 0 Å². The van der Waals surface area contributed by atoms with Crippen LogP contribution in [0.15, 0.2) is 12.1 Å². The van der Waals surface area contributed by atoms with Gasteiger partial charge in [0.25, 0.3) is 0 Å². The summed E-state index contributed by atoms with van der Waals surface area (Å²) in [6.07, 6.45) is 9.83. The van der Waals surface area contributed by atoms with Crippen molar-refractivity contribution in [2.75, 3.05) is 0 Å². The molecule has 0 aliphatic heterocycles. The molecule has 0 radical (unpaired) electrons. The van der Waals surface area contributed by atoms with Crippen molar-refractivity contribution in [2.24, 2.45) is 5.41 Å². The van der Waals surface area contributed by atoms with Gasteiger partial charge in [-0.15, -0.1) is 0 Å². The Morgan fingerprint density at radius 1 is 1.05 bits per heavy atom. The normalized spacial score (nSPS) is 21.2. The van der Waals surface area contributed by atoms with Gasteiger partial charge in [0.1, 0.15) is 0 Å². The minimum atomic E-state index is 0.652. The van der Waals surface area contributed by atoms with Crippen molar-refractivity contribution < 1.29 is 0 Å². The van der Waals surface area contributed by atoms with Crippen LogP contribution in [0.1, 0.15) is 54.5 Å². The Balaban J connectivity index is 1.89. The minimum absolute atomic E-state index is 0.652. The summed E-state index contributed by atoms with van der Waals surface area (Å²) in [6, 6.07) is 4.66. The number of aryl methyl sites for hydroxylation is 3. The highest BCUT2D eigenvalue weighted by molar-refractivity contribution is 5.88. The lowest BCUT2D eigenvalue weighted by atomic mass is 9.71. The van der Waals surface area contributed by atoms with E-state index in [0.29, 0.717) is 5.41 Å². The third kappa shape index (κ3) is 1.67. The average molecular weight is 253 g/mol. The third-order valence-electron chi connectivity index (χ3n) is 5.55. The number of nitrogens with one attached hydrogen (secondary N) is 1. The first kappa shape index (κ1) is 11.6. The van der Waals surface area contributed by atoms with E-state index in [2.05, 4.69) is 31.0 Å². The van der Waals surface area contributed by atoms with Crippen LogP contribution in [-0.4, -0.2) is 4.98 Å². The van der Waals surface area contributed by atoms with Gasteiger partial charge in [0.15, 0.2) is 0 Å². The predicted octanol–water partition coefficient (Wildman–Crippen LogP) is 4.83. The molecule has 0 unspecified atom stereocenters. The molecule has 0 atom stereocenters. The molecule has 4 rings (SSSR count). The molecule has 0 amide bonds. The highest BCUT2D eigenvalue weighted by Crippen LogP contribution is 2.49. The number of fused-ring (bicyclic) bond motifs is 3. The van der Waals surface area contributed by atoms with Gasteiger partial charge in [-0.1, -0.05) is 18.9 Å². The maximum absolute atomic E-state index is 3.70. The van der Waals surface area contributed by atoms with E-state index < -0.39 is 0 Å². The lowest BCUT2D eigenvalue weighted by molar-refractivity contribution is 0.255. The van der Waals surface area contributed by atoms with Crippen LogP contribution in [-0.2, 0) is 12.8 Å². The molecule has 1 heterocycles. The molecule has 1 aromatic carbocycles. The molecule has 1 saturated carbocycles. The van der Waals surface area contributed by atoms with Crippen LogP contribution in [0.5, 0.6) is 0 Å². The third-order valence-corrected chi connectivity index (χ3v) is 5.55. The van der Waals surface area contributed by atoms with Crippen molar-refractivity contribution in [2.45, 2.75) is 58.8 Å². The van der Waals surface area contributed by atoms with Gasteiger partial charge in [-0.25, -0.2) is 0 Å². The summed E-state index contributed by atoms with van der Waals surface area (Å²) in [5.74, 6) is 0. The summed E-state index contributed by atoms with van der Waals surface area (Å²) in [6.45, 7) is 4.48. The van der Waals surface area contributed by atoms with Crippen molar-refractivity contribution in [3.8, 4) is 0 Å². The molecule has 2 aliphatic carbocycles. The average Bonchev–Trinajstić information content (AvgIpc) is 2.94.